The number of amides is 1. The molecule has 0 atom stereocenters. The Kier molecular flexibility index (Phi) is 5.18. The zero-order valence-electron chi connectivity index (χ0n) is 15.7. The van der Waals surface area contributed by atoms with E-state index in [4.69, 9.17) is 4.74 Å². The molecular formula is C21H22N2O2S. The first-order chi connectivity index (χ1) is 12.4. The minimum absolute atomic E-state index is 0.0443. The predicted molar refractivity (Wildman–Crippen MR) is 109 cm³/mol. The lowest BCUT2D eigenvalue weighted by Gasteiger charge is -2.08. The standard InChI is InChI=1S/C21H22N2O2S/c1-13-7-9-17(10-15(13)3)22-21-23(4)20(24)19(26-21)12-16-8-6-14(2)18(11-16)25-5/h6-12H,1-5H3/b19-12+,22-21?. The van der Waals surface area contributed by atoms with Gasteiger partial charge < -0.3 is 4.74 Å². The third-order valence-corrected chi connectivity index (χ3v) is 5.51. The van der Waals surface area contributed by atoms with Crippen molar-refractivity contribution in [3.8, 4) is 5.75 Å². The van der Waals surface area contributed by atoms with Gasteiger partial charge in [-0.05, 0) is 79.1 Å². The maximum absolute atomic E-state index is 12.6. The first kappa shape index (κ1) is 18.3. The highest BCUT2D eigenvalue weighted by Crippen LogP contribution is 2.34. The number of thioether (sulfide) groups is 1. The second-order valence-electron chi connectivity index (χ2n) is 6.37. The molecule has 1 saturated heterocycles. The normalized spacial score (nSPS) is 17.4. The monoisotopic (exact) mass is 366 g/mol. The van der Waals surface area contributed by atoms with E-state index < -0.39 is 0 Å². The van der Waals surface area contributed by atoms with Crippen molar-refractivity contribution in [1.29, 1.82) is 0 Å². The second kappa shape index (κ2) is 7.38. The number of rotatable bonds is 3. The summed E-state index contributed by atoms with van der Waals surface area (Å²) in [7, 11) is 3.41. The molecule has 26 heavy (non-hydrogen) atoms. The molecule has 0 unspecified atom stereocenters. The Morgan fingerprint density at radius 3 is 2.46 bits per heavy atom. The van der Waals surface area contributed by atoms with Crippen LogP contribution in [0, 0.1) is 20.8 Å². The van der Waals surface area contributed by atoms with E-state index in [1.54, 1.807) is 19.1 Å². The van der Waals surface area contributed by atoms with Crippen LogP contribution in [0.4, 0.5) is 5.69 Å². The fourth-order valence-electron chi connectivity index (χ4n) is 2.63. The van der Waals surface area contributed by atoms with Gasteiger partial charge in [-0.25, -0.2) is 4.99 Å². The Morgan fingerprint density at radius 2 is 1.77 bits per heavy atom. The van der Waals surface area contributed by atoms with Gasteiger partial charge in [0.2, 0.25) is 0 Å². The van der Waals surface area contributed by atoms with Crippen molar-refractivity contribution in [3.63, 3.8) is 0 Å². The van der Waals surface area contributed by atoms with Gasteiger partial charge in [0.1, 0.15) is 5.75 Å². The highest BCUT2D eigenvalue weighted by molar-refractivity contribution is 8.18. The maximum Gasteiger partial charge on any atom is 0.266 e. The van der Waals surface area contributed by atoms with E-state index in [-0.39, 0.29) is 5.91 Å². The lowest BCUT2D eigenvalue weighted by Crippen LogP contribution is -2.23. The molecule has 0 bridgehead atoms. The lowest BCUT2D eigenvalue weighted by molar-refractivity contribution is -0.121. The number of nitrogens with zero attached hydrogens (tertiary/aromatic N) is 2. The van der Waals surface area contributed by atoms with Crippen LogP contribution in [0.3, 0.4) is 0 Å². The molecule has 0 N–H and O–H groups in total. The van der Waals surface area contributed by atoms with Crippen molar-refractivity contribution < 1.29 is 9.53 Å². The van der Waals surface area contributed by atoms with Crippen LogP contribution in [-0.2, 0) is 4.79 Å². The van der Waals surface area contributed by atoms with Crippen molar-refractivity contribution in [2.24, 2.45) is 4.99 Å². The Morgan fingerprint density at radius 1 is 1.04 bits per heavy atom. The van der Waals surface area contributed by atoms with E-state index in [0.29, 0.717) is 10.1 Å². The van der Waals surface area contributed by atoms with Gasteiger partial charge in [0.25, 0.3) is 5.91 Å². The van der Waals surface area contributed by atoms with Gasteiger partial charge in [-0.1, -0.05) is 18.2 Å². The highest BCUT2D eigenvalue weighted by Gasteiger charge is 2.30. The Bertz CT molecular complexity index is 932. The van der Waals surface area contributed by atoms with E-state index in [2.05, 4.69) is 18.8 Å². The number of hydrogen-bond donors (Lipinski definition) is 0. The predicted octanol–water partition coefficient (Wildman–Crippen LogP) is 4.85. The molecule has 1 aliphatic rings. The zero-order chi connectivity index (χ0) is 18.8. The highest BCUT2D eigenvalue weighted by atomic mass is 32.2. The van der Waals surface area contributed by atoms with Crippen LogP contribution in [0.15, 0.2) is 46.3 Å². The van der Waals surface area contributed by atoms with Crippen LogP contribution in [0.25, 0.3) is 6.08 Å². The van der Waals surface area contributed by atoms with Gasteiger partial charge in [0.15, 0.2) is 5.17 Å². The lowest BCUT2D eigenvalue weighted by atomic mass is 10.1. The number of aryl methyl sites for hydroxylation is 3. The largest absolute Gasteiger partial charge is 0.496 e. The summed E-state index contributed by atoms with van der Waals surface area (Å²) < 4.78 is 5.36. The average Bonchev–Trinajstić information content (AvgIpc) is 2.88. The molecule has 5 heteroatoms. The summed E-state index contributed by atoms with van der Waals surface area (Å²) in [6.07, 6.45) is 1.88. The molecular weight excluding hydrogens is 344 g/mol. The van der Waals surface area contributed by atoms with E-state index in [1.165, 1.54) is 22.9 Å². The van der Waals surface area contributed by atoms with Crippen molar-refractivity contribution in [1.82, 2.24) is 4.90 Å². The second-order valence-corrected chi connectivity index (χ2v) is 7.38. The molecule has 1 amide bonds. The fourth-order valence-corrected chi connectivity index (χ4v) is 3.62. The minimum atomic E-state index is -0.0443. The van der Waals surface area contributed by atoms with Gasteiger partial charge in [-0.2, -0.15) is 0 Å². The molecule has 1 aliphatic heterocycles. The Hall–Kier alpha value is -2.53. The molecule has 0 spiro atoms. The molecule has 0 aromatic heterocycles. The van der Waals surface area contributed by atoms with E-state index >= 15 is 0 Å². The van der Waals surface area contributed by atoms with Gasteiger partial charge in [0.05, 0.1) is 17.7 Å². The first-order valence-corrected chi connectivity index (χ1v) is 9.19. The third kappa shape index (κ3) is 3.68. The van der Waals surface area contributed by atoms with Gasteiger partial charge in [-0.3, -0.25) is 9.69 Å². The van der Waals surface area contributed by atoms with E-state index in [9.17, 15) is 4.79 Å². The summed E-state index contributed by atoms with van der Waals surface area (Å²) >= 11 is 1.39. The van der Waals surface area contributed by atoms with E-state index in [1.807, 2.05) is 49.4 Å². The fraction of sp³-hybridized carbons (Fsp3) is 0.238. The molecule has 4 nitrogen and oxygen atoms in total. The quantitative estimate of drug-likeness (QED) is 0.729. The number of carbonyl (C=O) groups is 1. The van der Waals surface area contributed by atoms with Crippen LogP contribution < -0.4 is 4.74 Å². The molecule has 0 radical (unpaired) electrons. The minimum Gasteiger partial charge on any atom is -0.496 e. The Balaban J connectivity index is 1.91. The zero-order valence-corrected chi connectivity index (χ0v) is 16.5. The van der Waals surface area contributed by atoms with E-state index in [0.717, 1.165) is 22.6 Å². The molecule has 1 heterocycles. The number of likely N-dealkylation sites (N-methyl/N-ethyl adjacent to an activating group) is 1. The van der Waals surface area contributed by atoms with Crippen molar-refractivity contribution in [3.05, 3.63) is 63.6 Å². The number of amidine groups is 1. The molecule has 2 aromatic carbocycles. The summed E-state index contributed by atoms with van der Waals surface area (Å²) in [6, 6.07) is 12.0. The Labute approximate surface area is 158 Å². The van der Waals surface area contributed by atoms with Gasteiger partial charge >= 0.3 is 0 Å². The summed E-state index contributed by atoms with van der Waals surface area (Å²) in [5.41, 5.74) is 5.27. The van der Waals surface area contributed by atoms with Crippen molar-refractivity contribution in [2.45, 2.75) is 20.8 Å². The average molecular weight is 366 g/mol. The summed E-state index contributed by atoms with van der Waals surface area (Å²) in [4.78, 5) is 19.5. The number of benzene rings is 2. The molecule has 2 aromatic rings. The number of aliphatic imine (C=N–C) groups is 1. The third-order valence-electron chi connectivity index (χ3n) is 4.45. The SMILES string of the molecule is COc1cc(/C=C2/SC(=Nc3ccc(C)c(C)c3)N(C)C2=O)ccc1C. The van der Waals surface area contributed by atoms with Crippen LogP contribution >= 0.6 is 11.8 Å². The van der Waals surface area contributed by atoms with Crippen LogP contribution in [0.5, 0.6) is 5.75 Å². The number of hydrogen-bond acceptors (Lipinski definition) is 4. The molecule has 3 rings (SSSR count). The molecule has 134 valence electrons. The smallest absolute Gasteiger partial charge is 0.266 e. The summed E-state index contributed by atoms with van der Waals surface area (Å²) in [5, 5.41) is 0.684. The summed E-state index contributed by atoms with van der Waals surface area (Å²) in [5.74, 6) is 0.768. The first-order valence-electron chi connectivity index (χ1n) is 8.37. The van der Waals surface area contributed by atoms with Crippen molar-refractivity contribution in [2.75, 3.05) is 14.2 Å². The number of carbonyl (C=O) groups excluding carboxylic acids is 1. The molecule has 0 aliphatic carbocycles. The van der Waals surface area contributed by atoms with Crippen molar-refractivity contribution >= 4 is 34.6 Å². The van der Waals surface area contributed by atoms with Gasteiger partial charge in [-0.15, -0.1) is 0 Å². The topological polar surface area (TPSA) is 41.9 Å². The summed E-state index contributed by atoms with van der Waals surface area (Å²) in [6.45, 7) is 6.13. The number of methoxy groups -OCH3 is 1. The maximum atomic E-state index is 12.6. The van der Waals surface area contributed by atoms with Crippen LogP contribution in [0.2, 0.25) is 0 Å². The van der Waals surface area contributed by atoms with Crippen LogP contribution in [0.1, 0.15) is 22.3 Å². The molecule has 1 fully saturated rings. The van der Waals surface area contributed by atoms with Crippen LogP contribution in [-0.4, -0.2) is 30.1 Å². The van der Waals surface area contributed by atoms with Gasteiger partial charge in [0, 0.05) is 7.05 Å². The number of ether oxygens (including phenoxy) is 1. The molecule has 0 saturated carbocycles.